The van der Waals surface area contributed by atoms with Gasteiger partial charge >= 0.3 is 5.63 Å². The molecule has 148 valence electrons. The summed E-state index contributed by atoms with van der Waals surface area (Å²) in [6, 6.07) is 14.2. The van der Waals surface area contributed by atoms with E-state index in [2.05, 4.69) is 6.08 Å². The van der Waals surface area contributed by atoms with Crippen molar-refractivity contribution in [2.24, 2.45) is 0 Å². The number of ketones is 1. The zero-order valence-corrected chi connectivity index (χ0v) is 16.9. The first-order valence-corrected chi connectivity index (χ1v) is 9.74. The lowest BCUT2D eigenvalue weighted by Crippen LogP contribution is -2.46. The normalized spacial score (nSPS) is 18.0. The highest BCUT2D eigenvalue weighted by Gasteiger charge is 2.44. The van der Waals surface area contributed by atoms with Gasteiger partial charge in [-0.25, -0.2) is 4.79 Å². The van der Waals surface area contributed by atoms with E-state index in [-0.39, 0.29) is 11.5 Å². The van der Waals surface area contributed by atoms with Crippen molar-refractivity contribution in [2.45, 2.75) is 26.3 Å². The van der Waals surface area contributed by atoms with Gasteiger partial charge in [-0.2, -0.15) is 0 Å². The summed E-state index contributed by atoms with van der Waals surface area (Å²) in [6.07, 6.45) is 3.32. The molecule has 0 saturated carbocycles. The van der Waals surface area contributed by atoms with Crippen LogP contribution in [0.4, 0.5) is 5.69 Å². The van der Waals surface area contributed by atoms with Gasteiger partial charge in [0.1, 0.15) is 11.1 Å². The predicted molar refractivity (Wildman–Crippen MR) is 116 cm³/mol. The van der Waals surface area contributed by atoms with Crippen molar-refractivity contribution < 1.29 is 14.0 Å². The third-order valence-electron chi connectivity index (χ3n) is 5.74. The average molecular weight is 397 g/mol. The van der Waals surface area contributed by atoms with E-state index < -0.39 is 16.9 Å². The zero-order valence-electron chi connectivity index (χ0n) is 16.9. The van der Waals surface area contributed by atoms with Gasteiger partial charge in [0.05, 0.1) is 16.8 Å². The number of para-hydroxylation sites is 2. The van der Waals surface area contributed by atoms with E-state index in [9.17, 15) is 14.4 Å². The van der Waals surface area contributed by atoms with Crippen LogP contribution in [0.25, 0.3) is 22.1 Å². The number of hydrogen-bond acceptors (Lipinski definition) is 4. The van der Waals surface area contributed by atoms with Crippen molar-refractivity contribution in [2.75, 3.05) is 4.90 Å². The van der Waals surface area contributed by atoms with Crippen LogP contribution in [0.3, 0.4) is 0 Å². The maximum atomic E-state index is 13.3. The number of carbonyl (C=O) groups excluding carboxylic acids is 2. The van der Waals surface area contributed by atoms with Gasteiger partial charge in [-0.15, -0.1) is 0 Å². The third-order valence-corrected chi connectivity index (χ3v) is 5.74. The Labute approximate surface area is 172 Å². The van der Waals surface area contributed by atoms with E-state index >= 15 is 0 Å². The number of benzene rings is 2. The molecule has 0 N–H and O–H groups in total. The van der Waals surface area contributed by atoms with Crippen molar-refractivity contribution in [1.29, 1.82) is 0 Å². The highest BCUT2D eigenvalue weighted by molar-refractivity contribution is 6.37. The Morgan fingerprint density at radius 1 is 1.03 bits per heavy atom. The van der Waals surface area contributed by atoms with E-state index in [1.807, 2.05) is 39.0 Å². The zero-order chi connectivity index (χ0) is 21.2. The summed E-state index contributed by atoms with van der Waals surface area (Å²) in [6.45, 7) is 5.96. The van der Waals surface area contributed by atoms with Gasteiger partial charge in [0.25, 0.3) is 5.91 Å². The quantitative estimate of drug-likeness (QED) is 0.360. The molecule has 2 aliphatic rings. The molecular formula is C25H19NO4. The minimum atomic E-state index is -0.714. The number of rotatable bonds is 2. The highest BCUT2D eigenvalue weighted by Crippen LogP contribution is 2.48. The average Bonchev–Trinajstić information content (AvgIpc) is 2.98. The molecule has 0 fully saturated rings. The molecule has 1 aromatic heterocycles. The van der Waals surface area contributed by atoms with E-state index in [4.69, 9.17) is 4.42 Å². The molecular weight excluding hydrogens is 378 g/mol. The molecule has 0 spiro atoms. The Hall–Kier alpha value is -3.73. The van der Waals surface area contributed by atoms with Gasteiger partial charge < -0.3 is 4.42 Å². The Balaban J connectivity index is 1.67. The van der Waals surface area contributed by atoms with Crippen LogP contribution in [0.1, 0.15) is 42.3 Å². The second-order valence-electron chi connectivity index (χ2n) is 8.23. The highest BCUT2D eigenvalue weighted by atomic mass is 16.4. The van der Waals surface area contributed by atoms with Gasteiger partial charge in [0.2, 0.25) is 0 Å². The van der Waals surface area contributed by atoms with E-state index in [1.165, 1.54) is 12.1 Å². The van der Waals surface area contributed by atoms with Crippen LogP contribution in [0.5, 0.6) is 0 Å². The SMILES string of the molecule is CC1=CC(C)(C)N2C(=O)/C(=C\C(=O)c3cc4ccccc4oc3=O)c3cccc1c32. The van der Waals surface area contributed by atoms with Crippen LogP contribution in [0.15, 0.2) is 69.9 Å². The number of anilines is 1. The topological polar surface area (TPSA) is 67.6 Å². The molecule has 5 nitrogen and oxygen atoms in total. The first kappa shape index (κ1) is 18.3. The Kier molecular flexibility index (Phi) is 3.74. The molecule has 0 bridgehead atoms. The standard InChI is InChI=1S/C25H19NO4/c1-14-13-25(2,3)26-22-16(14)8-6-9-17(22)18(23(26)28)12-20(27)19-11-15-7-4-5-10-21(15)30-24(19)29/h4-13H,1-3H3/b18-12-. The lowest BCUT2D eigenvalue weighted by Gasteiger charge is -2.38. The van der Waals surface area contributed by atoms with Crippen molar-refractivity contribution >= 4 is 39.5 Å². The van der Waals surface area contributed by atoms with Crippen molar-refractivity contribution in [3.8, 4) is 0 Å². The van der Waals surface area contributed by atoms with Crippen LogP contribution in [-0.2, 0) is 4.79 Å². The lowest BCUT2D eigenvalue weighted by molar-refractivity contribution is -0.113. The minimum absolute atomic E-state index is 0.0893. The molecule has 3 aromatic rings. The number of allylic oxidation sites excluding steroid dienone is 2. The number of fused-ring (bicyclic) bond motifs is 1. The molecule has 0 atom stereocenters. The summed E-state index contributed by atoms with van der Waals surface area (Å²) in [5.74, 6) is -0.789. The molecule has 5 heteroatoms. The third kappa shape index (κ3) is 2.52. The van der Waals surface area contributed by atoms with Crippen molar-refractivity contribution in [3.05, 3.63) is 87.8 Å². The molecule has 0 radical (unpaired) electrons. The number of hydrogen-bond donors (Lipinski definition) is 0. The fraction of sp³-hybridized carbons (Fsp3) is 0.160. The van der Waals surface area contributed by atoms with Gasteiger partial charge in [0, 0.05) is 16.5 Å². The molecule has 30 heavy (non-hydrogen) atoms. The first-order chi connectivity index (χ1) is 14.3. The van der Waals surface area contributed by atoms with Crippen LogP contribution in [0, 0.1) is 0 Å². The van der Waals surface area contributed by atoms with Gasteiger partial charge in [-0.3, -0.25) is 14.5 Å². The summed E-state index contributed by atoms with van der Waals surface area (Å²) in [5, 5.41) is 0.653. The Morgan fingerprint density at radius 3 is 2.57 bits per heavy atom. The number of amides is 1. The van der Waals surface area contributed by atoms with Crippen LogP contribution < -0.4 is 10.5 Å². The second kappa shape index (κ2) is 6.13. The minimum Gasteiger partial charge on any atom is -0.422 e. The van der Waals surface area contributed by atoms with Crippen molar-refractivity contribution in [1.82, 2.24) is 0 Å². The van der Waals surface area contributed by atoms with Gasteiger partial charge in [0.15, 0.2) is 5.78 Å². The molecule has 0 aliphatic carbocycles. The summed E-state index contributed by atoms with van der Waals surface area (Å²) >= 11 is 0. The summed E-state index contributed by atoms with van der Waals surface area (Å²) in [7, 11) is 0. The maximum Gasteiger partial charge on any atom is 0.347 e. The Morgan fingerprint density at radius 2 is 1.77 bits per heavy atom. The van der Waals surface area contributed by atoms with E-state index in [0.717, 1.165) is 16.8 Å². The van der Waals surface area contributed by atoms with E-state index in [0.29, 0.717) is 22.1 Å². The summed E-state index contributed by atoms with van der Waals surface area (Å²) in [5.41, 5.74) is 2.96. The smallest absolute Gasteiger partial charge is 0.347 e. The number of carbonyl (C=O) groups is 2. The molecule has 2 aliphatic heterocycles. The Bertz CT molecular complexity index is 1390. The molecule has 3 heterocycles. The first-order valence-electron chi connectivity index (χ1n) is 9.74. The summed E-state index contributed by atoms with van der Waals surface area (Å²) < 4.78 is 5.28. The molecule has 0 saturated heterocycles. The van der Waals surface area contributed by atoms with Gasteiger partial charge in [-0.05, 0) is 44.6 Å². The van der Waals surface area contributed by atoms with Gasteiger partial charge in [-0.1, -0.05) is 42.5 Å². The van der Waals surface area contributed by atoms with Crippen LogP contribution in [-0.4, -0.2) is 17.2 Å². The predicted octanol–water partition coefficient (Wildman–Crippen LogP) is 4.60. The summed E-state index contributed by atoms with van der Waals surface area (Å²) in [4.78, 5) is 40.5. The molecule has 1 amide bonds. The second-order valence-corrected chi connectivity index (χ2v) is 8.23. The maximum absolute atomic E-state index is 13.3. The molecule has 5 rings (SSSR count). The van der Waals surface area contributed by atoms with E-state index in [1.54, 1.807) is 29.2 Å². The van der Waals surface area contributed by atoms with Crippen LogP contribution in [0.2, 0.25) is 0 Å². The largest absolute Gasteiger partial charge is 0.422 e. The molecule has 0 unspecified atom stereocenters. The van der Waals surface area contributed by atoms with Crippen molar-refractivity contribution in [3.63, 3.8) is 0 Å². The monoisotopic (exact) mass is 397 g/mol. The fourth-order valence-corrected chi connectivity index (χ4v) is 4.46. The number of nitrogens with zero attached hydrogens (tertiary/aromatic N) is 1. The fourth-order valence-electron chi connectivity index (χ4n) is 4.46. The molecule has 2 aromatic carbocycles. The van der Waals surface area contributed by atoms with Crippen LogP contribution >= 0.6 is 0 Å². The lowest BCUT2D eigenvalue weighted by atomic mass is 9.89.